The maximum absolute atomic E-state index is 10.2. The monoisotopic (exact) mass is 308 g/mol. The highest BCUT2D eigenvalue weighted by molar-refractivity contribution is 5.47. The summed E-state index contributed by atoms with van der Waals surface area (Å²) in [5.41, 5.74) is 1.89. The zero-order valence-electron chi connectivity index (χ0n) is 12.8. The lowest BCUT2D eigenvalue weighted by Gasteiger charge is -2.16. The Labute approximate surface area is 130 Å². The molecule has 0 fully saturated rings. The van der Waals surface area contributed by atoms with Gasteiger partial charge in [0.15, 0.2) is 0 Å². The van der Waals surface area contributed by atoms with Crippen LogP contribution in [0, 0.1) is 0 Å². The van der Waals surface area contributed by atoms with Crippen molar-refractivity contribution in [3.63, 3.8) is 0 Å². The highest BCUT2D eigenvalue weighted by Gasteiger charge is 2.13. The first-order valence-electron chi connectivity index (χ1n) is 7.16. The van der Waals surface area contributed by atoms with E-state index in [9.17, 15) is 5.11 Å². The van der Waals surface area contributed by atoms with Gasteiger partial charge in [0, 0.05) is 0 Å². The molecule has 0 amide bonds. The van der Waals surface area contributed by atoms with Crippen LogP contribution in [0.1, 0.15) is 31.3 Å². The second-order valence-corrected chi connectivity index (χ2v) is 5.11. The van der Waals surface area contributed by atoms with Crippen molar-refractivity contribution in [3.05, 3.63) is 53.0 Å². The van der Waals surface area contributed by atoms with Gasteiger partial charge in [-0.15, -0.1) is 0 Å². The number of hydrogen-bond acceptors (Lipinski definition) is 5. The number of rotatable bonds is 9. The Kier molecular flexibility index (Phi) is 7.84. The topological polar surface area (TPSA) is 94.1 Å². The first-order valence-corrected chi connectivity index (χ1v) is 7.16. The number of hydrogen-bond donors (Lipinski definition) is 4. The Morgan fingerprint density at radius 3 is 2.59 bits per heavy atom. The van der Waals surface area contributed by atoms with Gasteiger partial charge in [-0.2, -0.15) is 0 Å². The van der Waals surface area contributed by atoms with Crippen molar-refractivity contribution in [1.29, 1.82) is 0 Å². The predicted molar refractivity (Wildman–Crippen MR) is 84.9 cm³/mol. The average Bonchev–Trinajstić information content (AvgIpc) is 2.97. The maximum atomic E-state index is 10.2. The Bertz CT molecular complexity index is 539. The summed E-state index contributed by atoms with van der Waals surface area (Å²) < 4.78 is 5.37. The molecule has 0 aliphatic carbocycles. The summed E-state index contributed by atoms with van der Waals surface area (Å²) in [5, 5.41) is 37.2. The summed E-state index contributed by atoms with van der Waals surface area (Å²) in [5.74, 6) is 1.16. The minimum absolute atomic E-state index is 0.135. The minimum Gasteiger partial charge on any atom is -0.459 e. The fraction of sp³-hybridized carbons (Fsp3) is 0.412. The van der Waals surface area contributed by atoms with Crippen molar-refractivity contribution in [2.45, 2.75) is 32.5 Å². The van der Waals surface area contributed by atoms with Gasteiger partial charge in [-0.3, -0.25) is 0 Å². The molecule has 122 valence electrons. The minimum atomic E-state index is -0.792. The van der Waals surface area contributed by atoms with Crippen molar-refractivity contribution in [2.75, 3.05) is 13.2 Å². The van der Waals surface area contributed by atoms with E-state index >= 15 is 0 Å². The second-order valence-electron chi connectivity index (χ2n) is 5.11. The van der Waals surface area contributed by atoms with Gasteiger partial charge >= 0.3 is 0 Å². The molecule has 1 atom stereocenters. The number of aliphatic hydroxyl groups is 4. The number of furan rings is 1. The quantitative estimate of drug-likeness (QED) is 0.522. The van der Waals surface area contributed by atoms with Crippen LogP contribution in [0.4, 0.5) is 0 Å². The van der Waals surface area contributed by atoms with Crippen LogP contribution in [0.2, 0.25) is 0 Å². The Balaban J connectivity index is 2.63. The van der Waals surface area contributed by atoms with E-state index < -0.39 is 6.10 Å². The Morgan fingerprint density at radius 2 is 2.05 bits per heavy atom. The molecule has 0 bridgehead atoms. The fourth-order valence-corrected chi connectivity index (χ4v) is 2.10. The van der Waals surface area contributed by atoms with Crippen LogP contribution < -0.4 is 0 Å². The predicted octanol–water partition coefficient (Wildman–Crippen LogP) is 1.78. The molecule has 0 aliphatic heterocycles. The Hall–Kier alpha value is -1.66. The molecular formula is C17H24O5. The molecule has 5 heteroatoms. The van der Waals surface area contributed by atoms with E-state index in [-0.39, 0.29) is 19.8 Å². The molecular weight excluding hydrogens is 284 g/mol. The second kappa shape index (κ2) is 9.38. The third-order valence-electron chi connectivity index (χ3n) is 3.31. The summed E-state index contributed by atoms with van der Waals surface area (Å²) in [6.07, 6.45) is 3.59. The summed E-state index contributed by atoms with van der Waals surface area (Å²) in [6, 6.07) is 3.48. The van der Waals surface area contributed by atoms with Gasteiger partial charge in [0.05, 0.1) is 19.3 Å². The van der Waals surface area contributed by atoms with Gasteiger partial charge in [0.1, 0.15) is 18.1 Å². The van der Waals surface area contributed by atoms with E-state index in [4.69, 9.17) is 19.7 Å². The molecule has 0 aromatic carbocycles. The normalized spacial score (nSPS) is 14.2. The van der Waals surface area contributed by atoms with E-state index in [0.717, 1.165) is 5.57 Å². The van der Waals surface area contributed by atoms with Crippen LogP contribution in [0.15, 0.2) is 45.9 Å². The number of allylic oxidation sites excluding steroid dienone is 1. The lowest BCUT2D eigenvalue weighted by molar-refractivity contribution is 0.197. The maximum Gasteiger partial charge on any atom is 0.130 e. The lowest BCUT2D eigenvalue weighted by atomic mass is 9.96. The molecule has 1 aromatic rings. The van der Waals surface area contributed by atoms with E-state index in [1.165, 1.54) is 6.08 Å². The summed E-state index contributed by atoms with van der Waals surface area (Å²) in [4.78, 5) is 0. The molecule has 1 unspecified atom stereocenters. The molecule has 0 saturated carbocycles. The first kappa shape index (κ1) is 18.4. The zero-order valence-corrected chi connectivity index (χ0v) is 12.8. The number of aliphatic hydroxyl groups excluding tert-OH is 4. The largest absolute Gasteiger partial charge is 0.459 e. The van der Waals surface area contributed by atoms with E-state index in [2.05, 4.69) is 6.58 Å². The third-order valence-corrected chi connectivity index (χ3v) is 3.31. The fourth-order valence-electron chi connectivity index (χ4n) is 2.10. The van der Waals surface area contributed by atoms with Gasteiger partial charge in [-0.25, -0.2) is 0 Å². The van der Waals surface area contributed by atoms with Gasteiger partial charge in [0.2, 0.25) is 0 Å². The lowest BCUT2D eigenvalue weighted by Crippen LogP contribution is -2.14. The summed E-state index contributed by atoms with van der Waals surface area (Å²) in [7, 11) is 0. The zero-order chi connectivity index (χ0) is 16.5. The molecule has 0 radical (unpaired) electrons. The standard InChI is InChI=1S/C17H24O5/c1-12(9-14-4-5-15(11-20)22-14)3-6-17(21)16(7-8-18)13(2)10-19/h4-5,7,9,17-21H,2-3,6,8,10-11H2,1H3/b12-9+,16-7-. The molecule has 4 N–H and O–H groups in total. The van der Waals surface area contributed by atoms with Crippen LogP contribution in [0.3, 0.4) is 0 Å². The SMILES string of the molecule is C=C(CO)/C(=C/CO)C(O)CC/C(C)=C/c1ccc(CO)o1. The molecule has 22 heavy (non-hydrogen) atoms. The van der Waals surface area contributed by atoms with Crippen LogP contribution in [-0.2, 0) is 6.61 Å². The molecule has 0 spiro atoms. The van der Waals surface area contributed by atoms with Crippen molar-refractivity contribution in [3.8, 4) is 0 Å². The van der Waals surface area contributed by atoms with E-state index in [0.29, 0.717) is 35.5 Å². The molecule has 1 heterocycles. The van der Waals surface area contributed by atoms with Gasteiger partial charge in [0.25, 0.3) is 0 Å². The molecule has 0 aliphatic rings. The molecule has 1 aromatic heterocycles. The smallest absolute Gasteiger partial charge is 0.130 e. The van der Waals surface area contributed by atoms with Crippen LogP contribution in [-0.4, -0.2) is 39.7 Å². The van der Waals surface area contributed by atoms with Crippen molar-refractivity contribution < 1.29 is 24.8 Å². The van der Waals surface area contributed by atoms with Gasteiger partial charge in [-0.05, 0) is 49.1 Å². The van der Waals surface area contributed by atoms with Gasteiger partial charge in [-0.1, -0.05) is 18.2 Å². The van der Waals surface area contributed by atoms with Crippen molar-refractivity contribution in [1.82, 2.24) is 0 Å². The average molecular weight is 308 g/mol. The van der Waals surface area contributed by atoms with Crippen LogP contribution in [0.25, 0.3) is 6.08 Å². The van der Waals surface area contributed by atoms with Crippen molar-refractivity contribution in [2.24, 2.45) is 0 Å². The summed E-state index contributed by atoms with van der Waals surface area (Å²) >= 11 is 0. The van der Waals surface area contributed by atoms with E-state index in [1.54, 1.807) is 12.1 Å². The Morgan fingerprint density at radius 1 is 1.32 bits per heavy atom. The molecule has 0 saturated heterocycles. The molecule has 5 nitrogen and oxygen atoms in total. The third kappa shape index (κ3) is 5.61. The van der Waals surface area contributed by atoms with Gasteiger partial charge < -0.3 is 24.8 Å². The van der Waals surface area contributed by atoms with E-state index in [1.807, 2.05) is 13.0 Å². The highest BCUT2D eigenvalue weighted by atomic mass is 16.4. The van der Waals surface area contributed by atoms with Crippen molar-refractivity contribution >= 4 is 6.08 Å². The van der Waals surface area contributed by atoms with Crippen LogP contribution >= 0.6 is 0 Å². The highest BCUT2D eigenvalue weighted by Crippen LogP contribution is 2.20. The van der Waals surface area contributed by atoms with Crippen LogP contribution in [0.5, 0.6) is 0 Å². The molecule has 1 rings (SSSR count). The first-order chi connectivity index (χ1) is 10.5. The summed E-state index contributed by atoms with van der Waals surface area (Å²) in [6.45, 7) is 5.00.